The number of rotatable bonds is 6. The van der Waals surface area contributed by atoms with Gasteiger partial charge in [0.1, 0.15) is 0 Å². The van der Waals surface area contributed by atoms with E-state index < -0.39 is 0 Å². The summed E-state index contributed by atoms with van der Waals surface area (Å²) in [5.41, 5.74) is 5.30. The third kappa shape index (κ3) is 4.10. The van der Waals surface area contributed by atoms with E-state index in [4.69, 9.17) is 12.2 Å². The van der Waals surface area contributed by atoms with E-state index in [0.717, 1.165) is 29.1 Å². The van der Waals surface area contributed by atoms with Gasteiger partial charge in [0.25, 0.3) is 0 Å². The molecule has 2 N–H and O–H groups in total. The first-order chi connectivity index (χ1) is 12.5. The first kappa shape index (κ1) is 18.1. The third-order valence-electron chi connectivity index (χ3n) is 4.28. The molecule has 0 saturated carbocycles. The van der Waals surface area contributed by atoms with Crippen LogP contribution in [-0.4, -0.2) is 34.5 Å². The Morgan fingerprint density at radius 1 is 1.15 bits per heavy atom. The average molecular weight is 373 g/mol. The second kappa shape index (κ2) is 7.69. The predicted molar refractivity (Wildman–Crippen MR) is 105 cm³/mol. The molecule has 0 aliphatic heterocycles. The molecule has 138 valence electrons. The van der Waals surface area contributed by atoms with Crippen molar-refractivity contribution in [3.8, 4) is 0 Å². The Labute approximate surface area is 158 Å². The highest BCUT2D eigenvalue weighted by Gasteiger charge is 2.08. The van der Waals surface area contributed by atoms with Gasteiger partial charge in [-0.15, -0.1) is 0 Å². The zero-order chi connectivity index (χ0) is 18.7. The highest BCUT2D eigenvalue weighted by Crippen LogP contribution is 2.12. The minimum atomic E-state index is 0.558. The van der Waals surface area contributed by atoms with Crippen LogP contribution in [0.4, 0.5) is 5.69 Å². The average Bonchev–Trinajstić information content (AvgIpc) is 3.27. The summed E-state index contributed by atoms with van der Waals surface area (Å²) in [7, 11) is 1.91. The predicted octanol–water partition coefficient (Wildman–Crippen LogP) is 1.98. The summed E-state index contributed by atoms with van der Waals surface area (Å²) in [5.74, 6) is 0. The Morgan fingerprint density at radius 3 is 2.62 bits per heavy atom. The van der Waals surface area contributed by atoms with E-state index in [1.165, 1.54) is 5.69 Å². The van der Waals surface area contributed by atoms with Crippen molar-refractivity contribution >= 4 is 23.0 Å². The molecule has 3 rings (SSSR count). The van der Waals surface area contributed by atoms with Crippen LogP contribution in [0, 0.1) is 13.8 Å². The van der Waals surface area contributed by atoms with Crippen LogP contribution in [0.3, 0.4) is 0 Å². The summed E-state index contributed by atoms with van der Waals surface area (Å²) in [6, 6.07) is 0. The van der Waals surface area contributed by atoms with Crippen LogP contribution in [0.2, 0.25) is 0 Å². The SMILES string of the molecule is CCn1ncc(Cn2cc(NC(=S)NCc3cn(C)nc3C)cn2)c1C. The van der Waals surface area contributed by atoms with Gasteiger partial charge in [0.15, 0.2) is 5.11 Å². The topological polar surface area (TPSA) is 77.5 Å². The molecule has 9 heteroatoms. The Kier molecular flexibility index (Phi) is 5.36. The van der Waals surface area contributed by atoms with Gasteiger partial charge in [0, 0.05) is 49.4 Å². The Hall–Kier alpha value is -2.68. The van der Waals surface area contributed by atoms with Crippen LogP contribution in [0.25, 0.3) is 0 Å². The molecule has 0 unspecified atom stereocenters. The number of anilines is 1. The van der Waals surface area contributed by atoms with Crippen LogP contribution >= 0.6 is 12.2 Å². The summed E-state index contributed by atoms with van der Waals surface area (Å²) in [5, 5.41) is 20.0. The fraction of sp³-hybridized carbons (Fsp3) is 0.412. The smallest absolute Gasteiger partial charge is 0.171 e. The largest absolute Gasteiger partial charge is 0.358 e. The van der Waals surface area contributed by atoms with Crippen molar-refractivity contribution in [1.82, 2.24) is 34.7 Å². The lowest BCUT2D eigenvalue weighted by Gasteiger charge is -2.08. The lowest BCUT2D eigenvalue weighted by atomic mass is 10.2. The molecule has 0 aromatic carbocycles. The van der Waals surface area contributed by atoms with Gasteiger partial charge in [-0.3, -0.25) is 14.0 Å². The maximum Gasteiger partial charge on any atom is 0.171 e. The molecule has 0 aliphatic carbocycles. The minimum Gasteiger partial charge on any atom is -0.358 e. The molecule has 0 fully saturated rings. The van der Waals surface area contributed by atoms with Crippen LogP contribution in [-0.2, 0) is 26.7 Å². The quantitative estimate of drug-likeness (QED) is 0.645. The van der Waals surface area contributed by atoms with E-state index in [1.54, 1.807) is 10.9 Å². The minimum absolute atomic E-state index is 0.558. The van der Waals surface area contributed by atoms with Crippen molar-refractivity contribution in [3.63, 3.8) is 0 Å². The highest BCUT2D eigenvalue weighted by atomic mass is 32.1. The van der Waals surface area contributed by atoms with Crippen molar-refractivity contribution in [3.05, 3.63) is 47.3 Å². The Bertz CT molecular complexity index is 904. The van der Waals surface area contributed by atoms with Crippen LogP contribution in [0.5, 0.6) is 0 Å². The summed E-state index contributed by atoms with van der Waals surface area (Å²) in [6.45, 7) is 8.33. The van der Waals surface area contributed by atoms with Crippen molar-refractivity contribution in [2.24, 2.45) is 7.05 Å². The summed E-state index contributed by atoms with van der Waals surface area (Å²) >= 11 is 5.36. The fourth-order valence-corrected chi connectivity index (χ4v) is 3.01. The van der Waals surface area contributed by atoms with Crippen LogP contribution < -0.4 is 10.6 Å². The molecule has 8 nitrogen and oxygen atoms in total. The molecular weight excluding hydrogens is 348 g/mol. The Balaban J connectivity index is 1.55. The number of nitrogens with one attached hydrogen (secondary N) is 2. The van der Waals surface area contributed by atoms with E-state index in [2.05, 4.69) is 39.8 Å². The van der Waals surface area contributed by atoms with Crippen LogP contribution in [0.15, 0.2) is 24.8 Å². The highest BCUT2D eigenvalue weighted by molar-refractivity contribution is 7.80. The van der Waals surface area contributed by atoms with Gasteiger partial charge in [-0.1, -0.05) is 0 Å². The van der Waals surface area contributed by atoms with E-state index >= 15 is 0 Å². The maximum absolute atomic E-state index is 5.36. The molecule has 0 bridgehead atoms. The molecule has 0 atom stereocenters. The zero-order valence-corrected chi connectivity index (χ0v) is 16.3. The lowest BCUT2D eigenvalue weighted by molar-refractivity contribution is 0.633. The number of aromatic nitrogens is 6. The van der Waals surface area contributed by atoms with Gasteiger partial charge >= 0.3 is 0 Å². The summed E-state index contributed by atoms with van der Waals surface area (Å²) < 4.78 is 5.66. The molecule has 0 aliphatic rings. The molecule has 0 radical (unpaired) electrons. The van der Waals surface area contributed by atoms with Crippen LogP contribution in [0.1, 0.15) is 29.4 Å². The standard InChI is InChI=1S/C17H24N8S/c1-5-25-13(3)15(7-20-25)10-24-11-16(8-19-24)21-17(26)18-6-14-9-23(4)22-12(14)2/h7-9,11H,5-6,10H2,1-4H3,(H2,18,21,26). The van der Waals surface area contributed by atoms with Gasteiger partial charge in [0.2, 0.25) is 0 Å². The monoisotopic (exact) mass is 372 g/mol. The zero-order valence-electron chi connectivity index (χ0n) is 15.5. The molecule has 3 aromatic rings. The van der Waals surface area contributed by atoms with Gasteiger partial charge < -0.3 is 10.6 Å². The fourth-order valence-electron chi connectivity index (χ4n) is 2.82. The molecule has 26 heavy (non-hydrogen) atoms. The van der Waals surface area contributed by atoms with Crippen molar-refractivity contribution in [2.45, 2.75) is 40.4 Å². The lowest BCUT2D eigenvalue weighted by Crippen LogP contribution is -2.27. The van der Waals surface area contributed by atoms with Gasteiger partial charge in [0.05, 0.1) is 30.3 Å². The van der Waals surface area contributed by atoms with E-state index in [0.29, 0.717) is 18.2 Å². The maximum atomic E-state index is 5.36. The number of hydrogen-bond donors (Lipinski definition) is 2. The van der Waals surface area contributed by atoms with E-state index in [1.807, 2.05) is 41.9 Å². The second-order valence-electron chi connectivity index (χ2n) is 6.22. The van der Waals surface area contributed by atoms with Crippen molar-refractivity contribution < 1.29 is 0 Å². The van der Waals surface area contributed by atoms with E-state index in [-0.39, 0.29) is 0 Å². The Morgan fingerprint density at radius 2 is 1.96 bits per heavy atom. The van der Waals surface area contributed by atoms with Gasteiger partial charge in [-0.05, 0) is 33.0 Å². The number of thiocarbonyl (C=S) groups is 1. The number of hydrogen-bond acceptors (Lipinski definition) is 4. The molecule has 0 saturated heterocycles. The first-order valence-electron chi connectivity index (χ1n) is 8.54. The van der Waals surface area contributed by atoms with Crippen molar-refractivity contribution in [1.29, 1.82) is 0 Å². The number of nitrogens with zero attached hydrogens (tertiary/aromatic N) is 6. The summed E-state index contributed by atoms with van der Waals surface area (Å²) in [4.78, 5) is 0. The summed E-state index contributed by atoms with van der Waals surface area (Å²) in [6.07, 6.45) is 7.59. The molecule has 3 aromatic heterocycles. The second-order valence-corrected chi connectivity index (χ2v) is 6.63. The van der Waals surface area contributed by atoms with Gasteiger partial charge in [-0.25, -0.2) is 0 Å². The number of aryl methyl sites for hydroxylation is 3. The van der Waals surface area contributed by atoms with Crippen molar-refractivity contribution in [2.75, 3.05) is 5.32 Å². The van der Waals surface area contributed by atoms with E-state index in [9.17, 15) is 0 Å². The molecule has 3 heterocycles. The molecule has 0 amide bonds. The molecular formula is C17H24N8S. The van der Waals surface area contributed by atoms with Gasteiger partial charge in [-0.2, -0.15) is 15.3 Å². The third-order valence-corrected chi connectivity index (χ3v) is 4.53. The first-order valence-corrected chi connectivity index (χ1v) is 8.94. The normalized spacial score (nSPS) is 10.9. The molecule has 0 spiro atoms.